The maximum absolute atomic E-state index is 2.59. The third-order valence-electron chi connectivity index (χ3n) is 20.7. The number of fused-ring (bicyclic) bond motifs is 20. The highest BCUT2D eigenvalue weighted by Crippen LogP contribution is 2.67. The van der Waals surface area contributed by atoms with Gasteiger partial charge in [0.1, 0.15) is 0 Å². The Morgan fingerprint density at radius 3 is 0.837 bits per heavy atom. The van der Waals surface area contributed by atoms with Gasteiger partial charge in [-0.05, 0) is 265 Å². The Labute approximate surface area is 547 Å². The molecule has 2 spiro atoms. The molecule has 0 radical (unpaired) electrons. The van der Waals surface area contributed by atoms with Gasteiger partial charge in [0.15, 0.2) is 0 Å². The number of aryl methyl sites for hydroxylation is 4. The molecule has 2 heterocycles. The van der Waals surface area contributed by atoms with E-state index in [1.165, 1.54) is 188 Å². The SMILES string of the molecule is Cc1cc2c(cc1C)[C@]1(c3cc(-c4ccc(C=C(c5ccccc5)c5ccccc5)cc4)ccc3-c3ccc(-c4ccc5c(c4)[C@]4(c6cc(-c7ccc(C=C(c8ccccc8)c8ccccc8)cc7)ccc6-5)c5cc(C)c(C)cc5-c5ccsc54)cc31)c1sccc1-2. The summed E-state index contributed by atoms with van der Waals surface area (Å²) in [5, 5.41) is 4.65. The third kappa shape index (κ3) is 8.13. The van der Waals surface area contributed by atoms with E-state index in [1.54, 1.807) is 0 Å². The fourth-order valence-electron chi connectivity index (χ4n) is 16.0. The van der Waals surface area contributed by atoms with E-state index in [2.05, 4.69) is 330 Å². The van der Waals surface area contributed by atoms with Gasteiger partial charge in [-0.2, -0.15) is 0 Å². The Kier molecular flexibility index (Phi) is 12.5. The molecule has 0 unspecified atom stereocenters. The largest absolute Gasteiger partial charge is 0.147 e. The van der Waals surface area contributed by atoms with E-state index < -0.39 is 10.8 Å². The van der Waals surface area contributed by atoms with Crippen molar-refractivity contribution in [3.05, 3.63) is 389 Å². The van der Waals surface area contributed by atoms with E-state index in [9.17, 15) is 0 Å². The van der Waals surface area contributed by atoms with Crippen LogP contribution < -0.4 is 0 Å². The van der Waals surface area contributed by atoms with Gasteiger partial charge in [0.05, 0.1) is 10.8 Å². The lowest BCUT2D eigenvalue weighted by Gasteiger charge is -2.31. The molecule has 0 aliphatic heterocycles. The maximum Gasteiger partial charge on any atom is 0.0819 e. The summed E-state index contributed by atoms with van der Waals surface area (Å²) < 4.78 is 0. The van der Waals surface area contributed by atoms with Gasteiger partial charge in [0.2, 0.25) is 0 Å². The van der Waals surface area contributed by atoms with Gasteiger partial charge in [0, 0.05) is 9.75 Å². The molecule has 14 aromatic rings. The highest BCUT2D eigenvalue weighted by molar-refractivity contribution is 7.11. The van der Waals surface area contributed by atoms with Crippen molar-refractivity contribution in [3.8, 4) is 77.9 Å². The van der Waals surface area contributed by atoms with Crippen molar-refractivity contribution in [2.75, 3.05) is 0 Å². The van der Waals surface area contributed by atoms with E-state index >= 15 is 0 Å². The number of hydrogen-bond donors (Lipinski definition) is 0. The quantitative estimate of drug-likeness (QED) is 0.126. The second-order valence-corrected chi connectivity index (χ2v) is 27.5. The maximum atomic E-state index is 2.59. The first-order valence-electron chi connectivity index (χ1n) is 32.1. The molecule has 92 heavy (non-hydrogen) atoms. The monoisotopic (exact) mass is 1210 g/mol. The van der Waals surface area contributed by atoms with Crippen molar-refractivity contribution in [1.82, 2.24) is 0 Å². The molecule has 0 amide bonds. The lowest BCUT2D eigenvalue weighted by Crippen LogP contribution is -2.25. The van der Waals surface area contributed by atoms with Gasteiger partial charge in [0.25, 0.3) is 0 Å². The Morgan fingerprint density at radius 2 is 0.522 bits per heavy atom. The van der Waals surface area contributed by atoms with Crippen LogP contribution in [0.15, 0.2) is 290 Å². The van der Waals surface area contributed by atoms with Crippen LogP contribution in [0.3, 0.4) is 0 Å². The lowest BCUT2D eigenvalue weighted by molar-refractivity contribution is 0.809. The molecule has 4 aliphatic carbocycles. The van der Waals surface area contributed by atoms with E-state index in [0.29, 0.717) is 0 Å². The van der Waals surface area contributed by atoms with Crippen LogP contribution in [0.5, 0.6) is 0 Å². The zero-order valence-electron chi connectivity index (χ0n) is 51.7. The summed E-state index contributed by atoms with van der Waals surface area (Å²) in [6.07, 6.45) is 4.66. The summed E-state index contributed by atoms with van der Waals surface area (Å²) in [7, 11) is 0. The first-order chi connectivity index (χ1) is 45.2. The summed E-state index contributed by atoms with van der Waals surface area (Å²) in [6.45, 7) is 9.14. The molecule has 2 heteroatoms. The van der Waals surface area contributed by atoms with E-state index in [-0.39, 0.29) is 0 Å². The molecule has 434 valence electrons. The lowest BCUT2D eigenvalue weighted by atomic mass is 9.71. The molecule has 4 aliphatic rings. The Balaban J connectivity index is 0.770. The number of hydrogen-bond acceptors (Lipinski definition) is 2. The van der Waals surface area contributed by atoms with Crippen LogP contribution in [0.2, 0.25) is 0 Å². The van der Waals surface area contributed by atoms with E-state index in [4.69, 9.17) is 0 Å². The molecular weight excluding hydrogens is 1150 g/mol. The average Bonchev–Trinajstić information content (AvgIpc) is 1.51. The summed E-state index contributed by atoms with van der Waals surface area (Å²) in [5.74, 6) is 0. The standard InChI is InChI=1S/C90H62S2/c1-55-45-79-75-41-43-91-87(75)89(81(79)47-57(55)3)83-51-67(61-29-25-59(26-30-61)49-77(63-17-9-5-10-18-63)64-19-11-6-12-20-64)33-37-71(83)73-39-35-69(53-85(73)89)70-36-40-74-72-38-34-68(62-31-27-60(28-32-62)50-78(65-21-13-7-14-22-65)66-23-15-8-16-24-66)52-84(72)90(86(74)54-70)82-48-58(4)56(2)46-80(82)76-42-44-92-88(76)90/h5-54H,1-4H3/t89-,90-/m1/s1. The van der Waals surface area contributed by atoms with Crippen molar-refractivity contribution in [2.24, 2.45) is 0 Å². The first-order valence-corrected chi connectivity index (χ1v) is 33.8. The predicted octanol–water partition coefficient (Wildman–Crippen LogP) is 23.9. The third-order valence-corrected chi connectivity index (χ3v) is 22.8. The molecule has 0 bridgehead atoms. The zero-order valence-corrected chi connectivity index (χ0v) is 53.3. The molecule has 0 fully saturated rings. The van der Waals surface area contributed by atoms with E-state index in [1.807, 2.05) is 22.7 Å². The van der Waals surface area contributed by atoms with Crippen molar-refractivity contribution in [1.29, 1.82) is 0 Å². The minimum atomic E-state index is -0.506. The molecule has 2 atom stereocenters. The molecular formula is C90H62S2. The van der Waals surface area contributed by atoms with E-state index in [0.717, 1.165) is 0 Å². The summed E-state index contributed by atoms with van der Waals surface area (Å²) in [6, 6.07) is 106. The molecule has 2 aromatic heterocycles. The second kappa shape index (κ2) is 21.1. The zero-order chi connectivity index (χ0) is 61.4. The van der Waals surface area contributed by atoms with Crippen LogP contribution in [0.4, 0.5) is 0 Å². The Hall–Kier alpha value is -10.5. The predicted molar refractivity (Wildman–Crippen MR) is 390 cm³/mol. The van der Waals surface area contributed by atoms with Gasteiger partial charge in [-0.3, -0.25) is 0 Å². The molecule has 0 saturated carbocycles. The highest BCUT2D eigenvalue weighted by atomic mass is 32.1. The Morgan fingerprint density at radius 1 is 0.250 bits per heavy atom. The number of rotatable bonds is 9. The fourth-order valence-corrected chi connectivity index (χ4v) is 18.3. The molecule has 0 nitrogen and oxygen atoms in total. The van der Waals surface area contributed by atoms with Crippen molar-refractivity contribution < 1.29 is 0 Å². The number of benzene rings is 12. The molecule has 0 saturated heterocycles. The van der Waals surface area contributed by atoms with Crippen molar-refractivity contribution in [2.45, 2.75) is 38.5 Å². The van der Waals surface area contributed by atoms with Crippen LogP contribution in [-0.2, 0) is 10.8 Å². The average molecular weight is 1210 g/mol. The smallest absolute Gasteiger partial charge is 0.0819 e. The minimum absolute atomic E-state index is 0.506. The summed E-state index contributed by atoms with van der Waals surface area (Å²) >= 11 is 3.83. The van der Waals surface area contributed by atoms with Crippen molar-refractivity contribution in [3.63, 3.8) is 0 Å². The van der Waals surface area contributed by atoms with Crippen LogP contribution in [-0.4, -0.2) is 0 Å². The van der Waals surface area contributed by atoms with Gasteiger partial charge in [-0.15, -0.1) is 22.7 Å². The first kappa shape index (κ1) is 54.5. The van der Waals surface area contributed by atoms with Crippen LogP contribution >= 0.6 is 22.7 Å². The minimum Gasteiger partial charge on any atom is -0.147 e. The summed E-state index contributed by atoms with van der Waals surface area (Å²) in [4.78, 5) is 2.82. The van der Waals surface area contributed by atoms with Crippen molar-refractivity contribution >= 4 is 46.0 Å². The van der Waals surface area contributed by atoms with Gasteiger partial charge >= 0.3 is 0 Å². The topological polar surface area (TPSA) is 0 Å². The molecule has 18 rings (SSSR count). The summed E-state index contributed by atoms with van der Waals surface area (Å²) in [5.41, 5.74) is 40.1. The highest BCUT2D eigenvalue weighted by Gasteiger charge is 2.55. The van der Waals surface area contributed by atoms with Gasteiger partial charge in [-0.25, -0.2) is 0 Å². The van der Waals surface area contributed by atoms with Crippen LogP contribution in [0.1, 0.15) is 98.8 Å². The molecule has 0 N–H and O–H groups in total. The number of thiophene rings is 2. The van der Waals surface area contributed by atoms with Gasteiger partial charge in [-0.1, -0.05) is 243 Å². The van der Waals surface area contributed by atoms with Crippen LogP contribution in [0.25, 0.3) is 101 Å². The fraction of sp³-hybridized carbons (Fsp3) is 0.0667. The second-order valence-electron chi connectivity index (χ2n) is 25.7. The Bertz CT molecular complexity index is 4960. The van der Waals surface area contributed by atoms with Crippen LogP contribution in [0, 0.1) is 27.7 Å². The normalized spacial score (nSPS) is 15.5. The van der Waals surface area contributed by atoms with Gasteiger partial charge < -0.3 is 0 Å². The molecule has 12 aromatic carbocycles.